The summed E-state index contributed by atoms with van der Waals surface area (Å²) in [4.78, 5) is 23.7. The molecule has 132 valence electrons. The van der Waals surface area contributed by atoms with Gasteiger partial charge in [-0.3, -0.25) is 14.3 Å². The Kier molecular flexibility index (Phi) is 5.45. The van der Waals surface area contributed by atoms with Gasteiger partial charge in [0.1, 0.15) is 0 Å². The molecule has 1 aromatic carbocycles. The van der Waals surface area contributed by atoms with Crippen molar-refractivity contribution in [2.75, 3.05) is 23.7 Å². The number of aromatic nitrogens is 2. The Morgan fingerprint density at radius 2 is 1.92 bits per heavy atom. The van der Waals surface area contributed by atoms with Crippen LogP contribution < -0.4 is 16.0 Å². The third-order valence-electron chi connectivity index (χ3n) is 4.23. The van der Waals surface area contributed by atoms with Crippen LogP contribution in [0.5, 0.6) is 0 Å². The highest BCUT2D eigenvalue weighted by atomic mass is 16.2. The first-order valence-corrected chi connectivity index (χ1v) is 8.63. The highest BCUT2D eigenvalue weighted by Gasteiger charge is 2.17. The van der Waals surface area contributed by atoms with Gasteiger partial charge in [-0.15, -0.1) is 0 Å². The van der Waals surface area contributed by atoms with Gasteiger partial charge in [-0.25, -0.2) is 0 Å². The molecular formula is C18H23N5O2. The van der Waals surface area contributed by atoms with Gasteiger partial charge in [-0.2, -0.15) is 5.10 Å². The van der Waals surface area contributed by atoms with Gasteiger partial charge in [0, 0.05) is 30.5 Å². The second-order valence-electron chi connectivity index (χ2n) is 6.11. The average Bonchev–Trinajstić information content (AvgIpc) is 3.14. The molecule has 1 atom stereocenters. The molecule has 1 aliphatic heterocycles. The summed E-state index contributed by atoms with van der Waals surface area (Å²) in [7, 11) is 0. The molecule has 1 unspecified atom stereocenters. The first kappa shape index (κ1) is 17.2. The number of piperidine rings is 1. The molecule has 0 aliphatic carbocycles. The predicted molar refractivity (Wildman–Crippen MR) is 96.7 cm³/mol. The van der Waals surface area contributed by atoms with E-state index in [1.54, 1.807) is 37.3 Å². The van der Waals surface area contributed by atoms with Crippen molar-refractivity contribution in [3.63, 3.8) is 0 Å². The Morgan fingerprint density at radius 3 is 2.56 bits per heavy atom. The quantitative estimate of drug-likeness (QED) is 0.779. The first-order chi connectivity index (χ1) is 12.2. The molecule has 2 amide bonds. The molecule has 1 aliphatic rings. The Morgan fingerprint density at radius 1 is 1.20 bits per heavy atom. The van der Waals surface area contributed by atoms with Crippen molar-refractivity contribution in [3.05, 3.63) is 42.2 Å². The zero-order valence-corrected chi connectivity index (χ0v) is 14.3. The van der Waals surface area contributed by atoms with E-state index in [0.717, 1.165) is 25.9 Å². The highest BCUT2D eigenvalue weighted by Crippen LogP contribution is 2.17. The summed E-state index contributed by atoms with van der Waals surface area (Å²) in [5, 5.41) is 13.3. The van der Waals surface area contributed by atoms with E-state index >= 15 is 0 Å². The lowest BCUT2D eigenvalue weighted by atomic mass is 10.1. The van der Waals surface area contributed by atoms with E-state index in [0.29, 0.717) is 29.5 Å². The molecule has 2 aromatic rings. The monoisotopic (exact) mass is 341 g/mol. The molecular weight excluding hydrogens is 318 g/mol. The standard InChI is InChI=1S/C18H23N5O2/c1-2-17(24)20-13-5-7-14(8-6-13)21-18(25)16-9-11-23(22-16)15-4-3-10-19-12-15/h5-9,11,15,19H,2-4,10,12H2,1H3,(H,20,24)(H,21,25). The molecule has 0 saturated carbocycles. The third kappa shape index (κ3) is 4.45. The molecule has 1 saturated heterocycles. The molecule has 3 rings (SSSR count). The number of anilines is 2. The lowest BCUT2D eigenvalue weighted by molar-refractivity contribution is -0.115. The van der Waals surface area contributed by atoms with Crippen LogP contribution in [0.4, 0.5) is 11.4 Å². The maximum Gasteiger partial charge on any atom is 0.276 e. The summed E-state index contributed by atoms with van der Waals surface area (Å²) in [5.74, 6) is -0.285. The van der Waals surface area contributed by atoms with Crippen LogP contribution in [0.25, 0.3) is 0 Å². The van der Waals surface area contributed by atoms with Gasteiger partial charge in [-0.1, -0.05) is 6.92 Å². The van der Waals surface area contributed by atoms with Gasteiger partial charge in [0.25, 0.3) is 5.91 Å². The maximum absolute atomic E-state index is 12.3. The largest absolute Gasteiger partial charge is 0.326 e. The van der Waals surface area contributed by atoms with Gasteiger partial charge in [0.15, 0.2) is 5.69 Å². The molecule has 0 bridgehead atoms. The maximum atomic E-state index is 12.3. The lowest BCUT2D eigenvalue weighted by Gasteiger charge is -2.22. The van der Waals surface area contributed by atoms with Crippen LogP contribution in [0.3, 0.4) is 0 Å². The van der Waals surface area contributed by atoms with Crippen LogP contribution in [0, 0.1) is 0 Å². The predicted octanol–water partition coefficient (Wildman–Crippen LogP) is 2.41. The Bertz CT molecular complexity index is 732. The summed E-state index contributed by atoms with van der Waals surface area (Å²) in [6.45, 7) is 3.72. The van der Waals surface area contributed by atoms with Crippen molar-refractivity contribution in [1.29, 1.82) is 0 Å². The van der Waals surface area contributed by atoms with E-state index in [1.807, 2.05) is 10.9 Å². The van der Waals surface area contributed by atoms with Crippen LogP contribution in [0.2, 0.25) is 0 Å². The van der Waals surface area contributed by atoms with Crippen molar-refractivity contribution in [2.24, 2.45) is 0 Å². The molecule has 1 fully saturated rings. The lowest BCUT2D eigenvalue weighted by Crippen LogP contribution is -2.32. The van der Waals surface area contributed by atoms with Gasteiger partial charge < -0.3 is 16.0 Å². The summed E-state index contributed by atoms with van der Waals surface area (Å²) in [6, 6.07) is 9.07. The Labute approximate surface area is 146 Å². The van der Waals surface area contributed by atoms with Crippen LogP contribution in [-0.2, 0) is 4.79 Å². The minimum absolute atomic E-state index is 0.0421. The second-order valence-corrected chi connectivity index (χ2v) is 6.11. The third-order valence-corrected chi connectivity index (χ3v) is 4.23. The van der Waals surface area contributed by atoms with Gasteiger partial charge >= 0.3 is 0 Å². The normalized spacial score (nSPS) is 17.1. The fourth-order valence-corrected chi connectivity index (χ4v) is 2.80. The van der Waals surface area contributed by atoms with Crippen LogP contribution in [-0.4, -0.2) is 34.7 Å². The molecule has 3 N–H and O–H groups in total. The molecule has 7 nitrogen and oxygen atoms in total. The zero-order chi connectivity index (χ0) is 17.6. The van der Waals surface area contributed by atoms with E-state index in [1.165, 1.54) is 0 Å². The summed E-state index contributed by atoms with van der Waals surface area (Å²) >= 11 is 0. The van der Waals surface area contributed by atoms with E-state index in [2.05, 4.69) is 21.0 Å². The van der Waals surface area contributed by atoms with E-state index in [4.69, 9.17) is 0 Å². The molecule has 25 heavy (non-hydrogen) atoms. The number of carbonyl (C=O) groups excluding carboxylic acids is 2. The van der Waals surface area contributed by atoms with Crippen molar-refractivity contribution in [1.82, 2.24) is 15.1 Å². The number of nitrogens with one attached hydrogen (secondary N) is 3. The summed E-state index contributed by atoms with van der Waals surface area (Å²) < 4.78 is 1.87. The average molecular weight is 341 g/mol. The number of hydrogen-bond donors (Lipinski definition) is 3. The molecule has 1 aromatic heterocycles. The summed E-state index contributed by atoms with van der Waals surface area (Å²) in [6.07, 6.45) is 4.47. The second kappa shape index (κ2) is 7.94. The van der Waals surface area contributed by atoms with Crippen molar-refractivity contribution in [3.8, 4) is 0 Å². The van der Waals surface area contributed by atoms with E-state index in [9.17, 15) is 9.59 Å². The van der Waals surface area contributed by atoms with E-state index in [-0.39, 0.29) is 11.8 Å². The van der Waals surface area contributed by atoms with Gasteiger partial charge in [0.05, 0.1) is 6.04 Å². The molecule has 2 heterocycles. The molecule has 0 spiro atoms. The fraction of sp³-hybridized carbons (Fsp3) is 0.389. The van der Waals surface area contributed by atoms with E-state index < -0.39 is 0 Å². The topological polar surface area (TPSA) is 88.0 Å². The van der Waals surface area contributed by atoms with Gasteiger partial charge in [0.2, 0.25) is 5.91 Å². The number of benzene rings is 1. The fourth-order valence-electron chi connectivity index (χ4n) is 2.80. The Balaban J connectivity index is 1.60. The van der Waals surface area contributed by atoms with Crippen LogP contribution >= 0.6 is 0 Å². The van der Waals surface area contributed by atoms with Crippen LogP contribution in [0.15, 0.2) is 36.5 Å². The molecule has 7 heteroatoms. The zero-order valence-electron chi connectivity index (χ0n) is 14.3. The van der Waals surface area contributed by atoms with Crippen molar-refractivity contribution >= 4 is 23.2 Å². The highest BCUT2D eigenvalue weighted by molar-refractivity contribution is 6.03. The number of nitrogens with zero attached hydrogens (tertiary/aromatic N) is 2. The van der Waals surface area contributed by atoms with Crippen molar-refractivity contribution in [2.45, 2.75) is 32.2 Å². The minimum atomic E-state index is -0.243. The number of rotatable bonds is 5. The number of amides is 2. The SMILES string of the molecule is CCC(=O)Nc1ccc(NC(=O)c2ccn(C3CCCNC3)n2)cc1. The minimum Gasteiger partial charge on any atom is -0.326 e. The first-order valence-electron chi connectivity index (χ1n) is 8.63. The molecule has 0 radical (unpaired) electrons. The van der Waals surface area contributed by atoms with Crippen molar-refractivity contribution < 1.29 is 9.59 Å². The Hall–Kier alpha value is -2.67. The number of carbonyl (C=O) groups is 2. The summed E-state index contributed by atoms with van der Waals surface area (Å²) in [5.41, 5.74) is 1.77. The number of hydrogen-bond acceptors (Lipinski definition) is 4. The smallest absolute Gasteiger partial charge is 0.276 e. The van der Waals surface area contributed by atoms with Gasteiger partial charge in [-0.05, 0) is 49.7 Å². The van der Waals surface area contributed by atoms with Crippen LogP contribution in [0.1, 0.15) is 42.7 Å².